The Morgan fingerprint density at radius 2 is 1.66 bits per heavy atom. The molecule has 3 aromatic carbocycles. The maximum absolute atomic E-state index is 14.4. The SMILES string of the molecule is CCC(Oc1cc(Cn2c(C)c(C(=O)c3ccc(OC)cc3)c3ccc(OC(F)(F)F)cc32)ccc1F)C(=O)[O-].[Na+]. The fraction of sp³-hybridized carbons (Fsp3) is 0.241. The quantitative estimate of drug-likeness (QED) is 0.162. The van der Waals surface area contributed by atoms with E-state index in [9.17, 15) is 32.3 Å². The Hall–Kier alpha value is -3.54. The van der Waals surface area contributed by atoms with E-state index in [-0.39, 0.29) is 65.1 Å². The van der Waals surface area contributed by atoms with Gasteiger partial charge in [-0.2, -0.15) is 0 Å². The van der Waals surface area contributed by atoms with E-state index in [0.29, 0.717) is 28.0 Å². The number of carboxylic acids is 1. The first-order valence-corrected chi connectivity index (χ1v) is 12.1. The molecule has 1 unspecified atom stereocenters. The zero-order valence-corrected chi connectivity index (χ0v) is 24.7. The summed E-state index contributed by atoms with van der Waals surface area (Å²) in [6, 6.07) is 13.9. The van der Waals surface area contributed by atoms with Crippen molar-refractivity contribution in [2.75, 3.05) is 7.11 Å². The van der Waals surface area contributed by atoms with E-state index in [0.717, 1.165) is 12.1 Å². The summed E-state index contributed by atoms with van der Waals surface area (Å²) in [5.74, 6) is -2.92. The maximum Gasteiger partial charge on any atom is 1.00 e. The number of ether oxygens (including phenoxy) is 3. The summed E-state index contributed by atoms with van der Waals surface area (Å²) in [5.41, 5.74) is 1.75. The van der Waals surface area contributed by atoms with E-state index < -0.39 is 30.0 Å². The molecule has 4 rings (SSSR count). The number of aliphatic carboxylic acids is 1. The molecule has 1 heterocycles. The van der Waals surface area contributed by atoms with Gasteiger partial charge in [-0.3, -0.25) is 4.79 Å². The molecule has 0 radical (unpaired) electrons. The van der Waals surface area contributed by atoms with Crippen LogP contribution in [0.2, 0.25) is 0 Å². The number of hydrogen-bond donors (Lipinski definition) is 0. The van der Waals surface area contributed by atoms with Crippen molar-refractivity contribution in [3.63, 3.8) is 0 Å². The van der Waals surface area contributed by atoms with Crippen LogP contribution in [0.1, 0.15) is 40.5 Å². The molecule has 4 aromatic rings. The van der Waals surface area contributed by atoms with Crippen LogP contribution in [0.25, 0.3) is 10.9 Å². The molecule has 0 fully saturated rings. The second-order valence-electron chi connectivity index (χ2n) is 8.93. The topological polar surface area (TPSA) is 89.8 Å². The fourth-order valence-corrected chi connectivity index (χ4v) is 4.40. The molecule has 0 spiro atoms. The van der Waals surface area contributed by atoms with Crippen LogP contribution in [-0.4, -0.2) is 35.9 Å². The number of rotatable bonds is 10. The van der Waals surface area contributed by atoms with Crippen LogP contribution in [0.4, 0.5) is 17.6 Å². The summed E-state index contributed by atoms with van der Waals surface area (Å²) in [4.78, 5) is 24.9. The number of fused-ring (bicyclic) bond motifs is 1. The van der Waals surface area contributed by atoms with Crippen molar-refractivity contribution < 1.29 is 76.0 Å². The van der Waals surface area contributed by atoms with Gasteiger partial charge < -0.3 is 28.7 Å². The van der Waals surface area contributed by atoms with Crippen molar-refractivity contribution in [3.05, 3.63) is 88.9 Å². The molecular weight excluding hydrogens is 557 g/mol. The van der Waals surface area contributed by atoms with E-state index in [1.54, 1.807) is 42.7 Å². The molecule has 0 saturated heterocycles. The van der Waals surface area contributed by atoms with E-state index in [1.165, 1.54) is 31.4 Å². The summed E-state index contributed by atoms with van der Waals surface area (Å²) in [6.07, 6.45) is -6.28. The van der Waals surface area contributed by atoms with Crippen LogP contribution in [0.3, 0.4) is 0 Å². The normalized spacial score (nSPS) is 12.0. The number of carboxylic acid groups (broad SMARTS) is 1. The molecule has 0 bridgehead atoms. The largest absolute Gasteiger partial charge is 1.00 e. The van der Waals surface area contributed by atoms with Crippen molar-refractivity contribution in [1.29, 1.82) is 0 Å². The summed E-state index contributed by atoms with van der Waals surface area (Å²) in [6.45, 7) is 3.18. The van der Waals surface area contributed by atoms with Gasteiger partial charge >= 0.3 is 35.9 Å². The second kappa shape index (κ2) is 13.0. The molecule has 12 heteroatoms. The molecule has 7 nitrogen and oxygen atoms in total. The fourth-order valence-electron chi connectivity index (χ4n) is 4.40. The van der Waals surface area contributed by atoms with Gasteiger partial charge in [0.15, 0.2) is 17.3 Å². The van der Waals surface area contributed by atoms with Crippen LogP contribution in [-0.2, 0) is 11.3 Å². The van der Waals surface area contributed by atoms with E-state index in [1.807, 2.05) is 0 Å². The molecule has 1 atom stereocenters. The van der Waals surface area contributed by atoms with Gasteiger partial charge in [-0.15, -0.1) is 13.2 Å². The summed E-state index contributed by atoms with van der Waals surface area (Å²) in [5, 5.41) is 11.7. The monoisotopic (exact) mass is 581 g/mol. The van der Waals surface area contributed by atoms with Crippen LogP contribution in [0.15, 0.2) is 60.7 Å². The van der Waals surface area contributed by atoms with E-state index >= 15 is 0 Å². The number of aromatic nitrogens is 1. The van der Waals surface area contributed by atoms with Gasteiger partial charge in [-0.25, -0.2) is 4.39 Å². The smallest absolute Gasteiger partial charge is 0.546 e. The third-order valence-electron chi connectivity index (χ3n) is 6.35. The van der Waals surface area contributed by atoms with Crippen molar-refractivity contribution >= 4 is 22.7 Å². The Morgan fingerprint density at radius 3 is 2.24 bits per heavy atom. The molecule has 41 heavy (non-hydrogen) atoms. The minimum absolute atomic E-state index is 0. The van der Waals surface area contributed by atoms with E-state index in [2.05, 4.69) is 4.74 Å². The minimum Gasteiger partial charge on any atom is -0.546 e. The maximum atomic E-state index is 14.4. The Bertz CT molecular complexity index is 1570. The van der Waals surface area contributed by atoms with Gasteiger partial charge in [0.25, 0.3) is 0 Å². The number of alkyl halides is 3. The minimum atomic E-state index is -4.93. The van der Waals surface area contributed by atoms with Crippen LogP contribution < -0.4 is 48.9 Å². The Balaban J connectivity index is 0.00000462. The number of hydrogen-bond acceptors (Lipinski definition) is 6. The third kappa shape index (κ3) is 7.22. The Labute approximate surface area is 254 Å². The summed E-state index contributed by atoms with van der Waals surface area (Å²) in [7, 11) is 1.49. The first-order valence-electron chi connectivity index (χ1n) is 12.1. The molecule has 0 N–H and O–H groups in total. The molecule has 0 aliphatic carbocycles. The molecule has 1 aromatic heterocycles. The first-order chi connectivity index (χ1) is 18.9. The van der Waals surface area contributed by atoms with Gasteiger partial charge in [0.2, 0.25) is 0 Å². The summed E-state index contributed by atoms with van der Waals surface area (Å²) >= 11 is 0. The molecule has 0 aliphatic rings. The van der Waals surface area contributed by atoms with Gasteiger partial charge in [0, 0.05) is 29.3 Å². The zero-order chi connectivity index (χ0) is 29.2. The first kappa shape index (κ1) is 32.0. The van der Waals surface area contributed by atoms with Crippen molar-refractivity contribution in [1.82, 2.24) is 4.57 Å². The van der Waals surface area contributed by atoms with Crippen molar-refractivity contribution in [2.45, 2.75) is 39.3 Å². The zero-order valence-electron chi connectivity index (χ0n) is 22.7. The molecule has 0 amide bonds. The molecular formula is C29H24F4NNaO6. The second-order valence-corrected chi connectivity index (χ2v) is 8.93. The number of ketones is 1. The average Bonchev–Trinajstić information content (AvgIpc) is 3.17. The van der Waals surface area contributed by atoms with Crippen molar-refractivity contribution in [2.24, 2.45) is 0 Å². The van der Waals surface area contributed by atoms with Gasteiger partial charge in [-0.1, -0.05) is 13.0 Å². The number of carbonyl (C=O) groups is 2. The third-order valence-corrected chi connectivity index (χ3v) is 6.35. The number of methoxy groups -OCH3 is 1. The van der Waals surface area contributed by atoms with Crippen LogP contribution in [0.5, 0.6) is 17.2 Å². The van der Waals surface area contributed by atoms with Crippen LogP contribution >= 0.6 is 0 Å². The molecule has 0 aliphatic heterocycles. The molecule has 210 valence electrons. The number of nitrogens with zero attached hydrogens (tertiary/aromatic N) is 1. The number of carbonyl (C=O) groups excluding carboxylic acids is 2. The van der Waals surface area contributed by atoms with Gasteiger partial charge in [0.1, 0.15) is 17.6 Å². The molecule has 0 saturated carbocycles. The summed E-state index contributed by atoms with van der Waals surface area (Å²) < 4.78 is 69.5. The number of benzene rings is 3. The number of halogens is 4. The average molecular weight is 581 g/mol. The predicted molar refractivity (Wildman–Crippen MR) is 135 cm³/mol. The standard InChI is InChI=1S/C29H25F4NO6.Na/c1-4-24(28(36)37)39-25-13-17(5-12-22(25)30)15-34-16(2)26(27(35)18-6-8-19(38-3)9-7-18)21-11-10-20(14-23(21)34)40-29(31,32)33;/h5-14,24H,4,15H2,1-3H3,(H,36,37);/q;+1/p-1. The predicted octanol–water partition coefficient (Wildman–Crippen LogP) is 2.19. The van der Waals surface area contributed by atoms with Gasteiger partial charge in [-0.05, 0) is 67.4 Å². The van der Waals surface area contributed by atoms with Gasteiger partial charge in [0.05, 0.1) is 24.2 Å². The van der Waals surface area contributed by atoms with Crippen molar-refractivity contribution in [3.8, 4) is 17.2 Å². The Morgan fingerprint density at radius 1 is 1.00 bits per heavy atom. The van der Waals surface area contributed by atoms with E-state index in [4.69, 9.17) is 9.47 Å². The van der Waals surface area contributed by atoms with Crippen LogP contribution in [0, 0.1) is 12.7 Å². The Kier molecular flexibility index (Phi) is 10.1.